The molecule has 1 aliphatic rings. The first-order valence-corrected chi connectivity index (χ1v) is 8.38. The molecular weight excluding hydrogens is 354 g/mol. The molecular formula is C15H17BrClN3O. The van der Waals surface area contributed by atoms with E-state index in [1.165, 1.54) is 12.8 Å². The van der Waals surface area contributed by atoms with Gasteiger partial charge in [0.2, 0.25) is 11.7 Å². The van der Waals surface area contributed by atoms with E-state index in [1.807, 2.05) is 18.2 Å². The Morgan fingerprint density at radius 1 is 1.33 bits per heavy atom. The molecule has 1 N–H and O–H groups in total. The number of aromatic nitrogens is 2. The van der Waals surface area contributed by atoms with Gasteiger partial charge in [-0.1, -0.05) is 16.8 Å². The zero-order valence-electron chi connectivity index (χ0n) is 11.6. The third-order valence-electron chi connectivity index (χ3n) is 3.87. The molecule has 0 radical (unpaired) electrons. The minimum atomic E-state index is 0.618. The van der Waals surface area contributed by atoms with Crippen molar-refractivity contribution in [2.45, 2.75) is 25.7 Å². The van der Waals surface area contributed by atoms with Crippen LogP contribution in [0.2, 0.25) is 5.02 Å². The zero-order chi connectivity index (χ0) is 14.7. The lowest BCUT2D eigenvalue weighted by Crippen LogP contribution is -2.27. The van der Waals surface area contributed by atoms with Crippen LogP contribution in [0.25, 0.3) is 11.4 Å². The van der Waals surface area contributed by atoms with Crippen molar-refractivity contribution in [1.82, 2.24) is 15.5 Å². The molecule has 3 rings (SSSR count). The van der Waals surface area contributed by atoms with Gasteiger partial charge in [-0.15, -0.1) is 0 Å². The van der Waals surface area contributed by atoms with Crippen molar-refractivity contribution in [2.75, 3.05) is 13.1 Å². The van der Waals surface area contributed by atoms with E-state index in [2.05, 4.69) is 31.4 Å². The quantitative estimate of drug-likeness (QED) is 0.881. The molecule has 0 amide bonds. The van der Waals surface area contributed by atoms with Crippen molar-refractivity contribution in [1.29, 1.82) is 0 Å². The number of hydrogen-bond donors (Lipinski definition) is 1. The number of halogens is 2. The van der Waals surface area contributed by atoms with E-state index in [1.54, 1.807) is 0 Å². The van der Waals surface area contributed by atoms with Crippen molar-refractivity contribution in [3.63, 3.8) is 0 Å². The van der Waals surface area contributed by atoms with E-state index >= 15 is 0 Å². The number of rotatable bonds is 4. The fourth-order valence-electron chi connectivity index (χ4n) is 2.61. The van der Waals surface area contributed by atoms with Crippen molar-refractivity contribution in [2.24, 2.45) is 5.92 Å². The number of aryl methyl sites for hydroxylation is 1. The van der Waals surface area contributed by atoms with Gasteiger partial charge < -0.3 is 9.84 Å². The Hall–Kier alpha value is -0.910. The predicted octanol–water partition coefficient (Wildman–Crippen LogP) is 4.08. The second-order valence-electron chi connectivity index (χ2n) is 5.37. The average molecular weight is 371 g/mol. The van der Waals surface area contributed by atoms with Crippen LogP contribution in [0.5, 0.6) is 0 Å². The van der Waals surface area contributed by atoms with E-state index in [0.717, 1.165) is 47.8 Å². The molecule has 0 saturated carbocycles. The maximum atomic E-state index is 5.99. The summed E-state index contributed by atoms with van der Waals surface area (Å²) >= 11 is 9.40. The second-order valence-corrected chi connectivity index (χ2v) is 6.63. The Kier molecular flexibility index (Phi) is 4.93. The molecule has 2 heterocycles. The van der Waals surface area contributed by atoms with Crippen LogP contribution < -0.4 is 5.32 Å². The van der Waals surface area contributed by atoms with Gasteiger partial charge in [0, 0.05) is 16.5 Å². The summed E-state index contributed by atoms with van der Waals surface area (Å²) in [5.41, 5.74) is 0.906. The Morgan fingerprint density at radius 3 is 2.90 bits per heavy atom. The molecule has 0 unspecified atom stereocenters. The number of hydrogen-bond acceptors (Lipinski definition) is 4. The van der Waals surface area contributed by atoms with Crippen molar-refractivity contribution < 1.29 is 4.52 Å². The Balaban J connectivity index is 1.63. The smallest absolute Gasteiger partial charge is 0.226 e. The predicted molar refractivity (Wildman–Crippen MR) is 86.4 cm³/mol. The van der Waals surface area contributed by atoms with Crippen molar-refractivity contribution >= 4 is 27.5 Å². The molecule has 1 fully saturated rings. The van der Waals surface area contributed by atoms with Gasteiger partial charge in [0.15, 0.2) is 0 Å². The van der Waals surface area contributed by atoms with Crippen LogP contribution in [0, 0.1) is 5.92 Å². The highest BCUT2D eigenvalue weighted by molar-refractivity contribution is 9.10. The van der Waals surface area contributed by atoms with E-state index < -0.39 is 0 Å². The van der Waals surface area contributed by atoms with Gasteiger partial charge in [-0.3, -0.25) is 0 Å². The van der Waals surface area contributed by atoms with Gasteiger partial charge in [-0.2, -0.15) is 4.98 Å². The van der Waals surface area contributed by atoms with E-state index in [-0.39, 0.29) is 0 Å². The van der Waals surface area contributed by atoms with Crippen LogP contribution in [0.4, 0.5) is 0 Å². The lowest BCUT2D eigenvalue weighted by Gasteiger charge is -2.21. The highest BCUT2D eigenvalue weighted by Crippen LogP contribution is 2.27. The van der Waals surface area contributed by atoms with Crippen LogP contribution in [0.3, 0.4) is 0 Å². The van der Waals surface area contributed by atoms with Gasteiger partial charge in [0.25, 0.3) is 0 Å². The molecule has 1 aromatic carbocycles. The highest BCUT2D eigenvalue weighted by Gasteiger charge is 2.15. The zero-order valence-corrected chi connectivity index (χ0v) is 14.0. The molecule has 0 bridgehead atoms. The minimum Gasteiger partial charge on any atom is -0.339 e. The van der Waals surface area contributed by atoms with Gasteiger partial charge in [-0.25, -0.2) is 0 Å². The molecule has 112 valence electrons. The molecule has 6 heteroatoms. The topological polar surface area (TPSA) is 51.0 Å². The molecule has 4 nitrogen and oxygen atoms in total. The third kappa shape index (κ3) is 3.84. The number of nitrogens with zero attached hydrogens (tertiary/aromatic N) is 2. The summed E-state index contributed by atoms with van der Waals surface area (Å²) in [4.78, 5) is 4.48. The first-order chi connectivity index (χ1) is 10.2. The molecule has 1 saturated heterocycles. The minimum absolute atomic E-state index is 0.618. The molecule has 21 heavy (non-hydrogen) atoms. The summed E-state index contributed by atoms with van der Waals surface area (Å²) in [6.45, 7) is 2.25. The Labute approximate surface area is 137 Å². The van der Waals surface area contributed by atoms with Gasteiger partial charge >= 0.3 is 0 Å². The van der Waals surface area contributed by atoms with E-state index in [4.69, 9.17) is 16.1 Å². The summed E-state index contributed by atoms with van der Waals surface area (Å²) in [5.74, 6) is 2.11. The van der Waals surface area contributed by atoms with Gasteiger partial charge in [0.1, 0.15) is 0 Å². The van der Waals surface area contributed by atoms with Crippen molar-refractivity contribution in [3.8, 4) is 11.4 Å². The molecule has 1 aliphatic heterocycles. The molecule has 1 aromatic heterocycles. The monoisotopic (exact) mass is 369 g/mol. The summed E-state index contributed by atoms with van der Waals surface area (Å²) in [6.07, 6.45) is 4.45. The highest BCUT2D eigenvalue weighted by atomic mass is 79.9. The maximum Gasteiger partial charge on any atom is 0.226 e. The average Bonchev–Trinajstić information content (AvgIpc) is 2.98. The fraction of sp³-hybridized carbons (Fsp3) is 0.467. The van der Waals surface area contributed by atoms with Crippen molar-refractivity contribution in [3.05, 3.63) is 33.6 Å². The fourth-order valence-corrected chi connectivity index (χ4v) is 3.10. The lowest BCUT2D eigenvalue weighted by atomic mass is 9.93. The summed E-state index contributed by atoms with van der Waals surface area (Å²) in [6, 6.07) is 5.63. The van der Waals surface area contributed by atoms with Crippen LogP contribution in [-0.4, -0.2) is 23.2 Å². The molecule has 2 aromatic rings. The van der Waals surface area contributed by atoms with Gasteiger partial charge in [-0.05, 0) is 72.4 Å². The maximum absolute atomic E-state index is 5.99. The summed E-state index contributed by atoms with van der Waals surface area (Å²) in [7, 11) is 0. The number of piperidine rings is 1. The summed E-state index contributed by atoms with van der Waals surface area (Å²) < 4.78 is 6.19. The molecule has 0 spiro atoms. The van der Waals surface area contributed by atoms with E-state index in [9.17, 15) is 0 Å². The second kappa shape index (κ2) is 6.90. The first-order valence-electron chi connectivity index (χ1n) is 7.21. The van der Waals surface area contributed by atoms with Crippen LogP contribution in [0.15, 0.2) is 27.2 Å². The Bertz CT molecular complexity index is 611. The first kappa shape index (κ1) is 15.0. The SMILES string of the molecule is Clc1ccc(-c2noc(CCC3CCNCC3)n2)cc1Br. The lowest BCUT2D eigenvalue weighted by molar-refractivity contribution is 0.324. The van der Waals surface area contributed by atoms with E-state index in [0.29, 0.717) is 10.8 Å². The van der Waals surface area contributed by atoms with Crippen LogP contribution in [0.1, 0.15) is 25.2 Å². The third-order valence-corrected chi connectivity index (χ3v) is 5.09. The summed E-state index contributed by atoms with van der Waals surface area (Å²) in [5, 5.41) is 8.11. The molecule has 0 aliphatic carbocycles. The Morgan fingerprint density at radius 2 is 2.14 bits per heavy atom. The standard InChI is InChI=1S/C15H17BrClN3O/c16-12-9-11(2-3-13(12)17)15-19-14(21-20-15)4-1-10-5-7-18-8-6-10/h2-3,9-10,18H,1,4-8H2. The number of nitrogens with one attached hydrogen (secondary N) is 1. The van der Waals surface area contributed by atoms with Crippen LogP contribution >= 0.6 is 27.5 Å². The normalized spacial score (nSPS) is 16.3. The number of benzene rings is 1. The molecule has 0 atom stereocenters. The van der Waals surface area contributed by atoms with Gasteiger partial charge in [0.05, 0.1) is 5.02 Å². The largest absolute Gasteiger partial charge is 0.339 e. The van der Waals surface area contributed by atoms with Crippen LogP contribution in [-0.2, 0) is 6.42 Å².